The van der Waals surface area contributed by atoms with E-state index < -0.39 is 11.9 Å². The van der Waals surface area contributed by atoms with Crippen LogP contribution in [0.2, 0.25) is 8.87 Å². The molecule has 0 fully saturated rings. The Labute approximate surface area is 153 Å². The normalized spacial score (nSPS) is 8.87. The number of hydrogen-bond acceptors (Lipinski definition) is 4. The van der Waals surface area contributed by atoms with E-state index in [2.05, 4.69) is 13.8 Å². The molecule has 0 atom stereocenters. The second-order valence-corrected chi connectivity index (χ2v) is 9.60. The average molecular weight is 435 g/mol. The van der Waals surface area contributed by atoms with Crippen molar-refractivity contribution in [2.24, 2.45) is 0 Å². The molecule has 0 aromatic carbocycles. The molecule has 4 nitrogen and oxygen atoms in total. The summed E-state index contributed by atoms with van der Waals surface area (Å²) in [7, 11) is 0. The summed E-state index contributed by atoms with van der Waals surface area (Å²) in [6.45, 7) is 7.67. The molecule has 0 amide bonds. The van der Waals surface area contributed by atoms with Crippen LogP contribution in [0.3, 0.4) is 0 Å². The third-order valence-corrected chi connectivity index (χ3v) is 7.03. The van der Waals surface area contributed by atoms with E-state index in [0.29, 0.717) is 0 Å². The van der Waals surface area contributed by atoms with Gasteiger partial charge >= 0.3 is 95.2 Å². The van der Waals surface area contributed by atoms with E-state index >= 15 is 0 Å². The summed E-state index contributed by atoms with van der Waals surface area (Å²) >= 11 is 0.104. The predicted molar refractivity (Wildman–Crippen MR) is 94.2 cm³/mol. The monoisotopic (exact) mass is 436 g/mol. The van der Waals surface area contributed by atoms with Gasteiger partial charge < -0.3 is 19.8 Å². The van der Waals surface area contributed by atoms with Gasteiger partial charge in [0, 0.05) is 11.9 Å². The summed E-state index contributed by atoms with van der Waals surface area (Å²) < 4.78 is 3.30. The molecule has 0 aliphatic carbocycles. The van der Waals surface area contributed by atoms with Crippen molar-refractivity contribution in [2.75, 3.05) is 0 Å². The molecule has 23 heavy (non-hydrogen) atoms. The molecule has 0 radical (unpaired) electrons. The first-order valence-electron chi connectivity index (χ1n) is 9.06. The van der Waals surface area contributed by atoms with Crippen molar-refractivity contribution in [1.82, 2.24) is 0 Å². The van der Waals surface area contributed by atoms with E-state index in [1.54, 1.807) is 21.7 Å². The van der Waals surface area contributed by atoms with Crippen LogP contribution in [-0.4, -0.2) is 33.1 Å². The first-order chi connectivity index (χ1) is 11.0. The van der Waals surface area contributed by atoms with Crippen LogP contribution in [0.15, 0.2) is 0 Å². The second-order valence-electron chi connectivity index (χ2n) is 5.32. The van der Waals surface area contributed by atoms with Crippen LogP contribution < -0.4 is 10.2 Å². The standard InChI is InChI=1S/2C6H13.2C3H6O2.Sn/c2*1-3-5-6-4-2;2*1-2-3(4)5;/h2*1,3-6H2,2H3;2*2H2,1H3,(H,4,5);/q;;;;+2/p-2. The summed E-state index contributed by atoms with van der Waals surface area (Å²) in [5.41, 5.74) is 0. The van der Waals surface area contributed by atoms with Crippen molar-refractivity contribution >= 4 is 33.1 Å². The summed E-state index contributed by atoms with van der Waals surface area (Å²) in [6.07, 6.45) is 12.0. The van der Waals surface area contributed by atoms with Gasteiger partial charge in [0.05, 0.1) is 0 Å². The SMILES string of the molecule is CCC(=O)[O-].CCC(=O)[O-].CCCCC[CH2][Sn+2][CH2]CCCCC. The molecule has 0 rings (SSSR count). The third kappa shape index (κ3) is 44.9. The molecular formula is C18H36O4Sn. The number of carboxylic acid groups (broad SMARTS) is 2. The van der Waals surface area contributed by atoms with E-state index in [4.69, 9.17) is 0 Å². The first kappa shape index (κ1) is 27.6. The molecule has 0 saturated carbocycles. The number of rotatable bonds is 12. The fourth-order valence-electron chi connectivity index (χ4n) is 1.48. The molecule has 136 valence electrons. The van der Waals surface area contributed by atoms with Crippen LogP contribution in [0.25, 0.3) is 0 Å². The van der Waals surface area contributed by atoms with Crippen molar-refractivity contribution in [3.05, 3.63) is 0 Å². The van der Waals surface area contributed by atoms with E-state index in [-0.39, 0.29) is 34.0 Å². The fourth-order valence-corrected chi connectivity index (χ4v) is 5.05. The zero-order valence-electron chi connectivity index (χ0n) is 15.6. The van der Waals surface area contributed by atoms with Gasteiger partial charge in [-0.15, -0.1) is 0 Å². The van der Waals surface area contributed by atoms with Crippen molar-refractivity contribution in [1.29, 1.82) is 0 Å². The number of carbonyl (C=O) groups excluding carboxylic acids is 2. The Morgan fingerprint density at radius 2 is 0.957 bits per heavy atom. The van der Waals surface area contributed by atoms with Gasteiger partial charge in [-0.25, -0.2) is 0 Å². The first-order valence-corrected chi connectivity index (χ1v) is 13.1. The van der Waals surface area contributed by atoms with E-state index in [1.165, 1.54) is 52.4 Å². The van der Waals surface area contributed by atoms with Crippen molar-refractivity contribution in [3.63, 3.8) is 0 Å². The molecule has 0 aliphatic heterocycles. The van der Waals surface area contributed by atoms with Gasteiger partial charge in [-0.2, -0.15) is 0 Å². The predicted octanol–water partition coefficient (Wildman–Crippen LogP) is 2.98. The number of hydrogen-bond donors (Lipinski definition) is 0. The third-order valence-electron chi connectivity index (χ3n) is 2.99. The number of aliphatic carboxylic acids is 2. The molecule has 0 bridgehead atoms. The Morgan fingerprint density at radius 3 is 1.17 bits per heavy atom. The molecule has 0 saturated heterocycles. The molecule has 0 N–H and O–H groups in total. The van der Waals surface area contributed by atoms with Crippen molar-refractivity contribution in [3.8, 4) is 0 Å². The van der Waals surface area contributed by atoms with Gasteiger partial charge in [-0.3, -0.25) is 0 Å². The summed E-state index contributed by atoms with van der Waals surface area (Å²) in [5.74, 6) is -1.99. The molecule has 0 spiro atoms. The quantitative estimate of drug-likeness (QED) is 0.349. The van der Waals surface area contributed by atoms with Gasteiger partial charge in [-0.05, 0) is 12.8 Å². The van der Waals surface area contributed by atoms with Gasteiger partial charge in [0.15, 0.2) is 0 Å². The molecule has 0 aromatic rings. The zero-order chi connectivity index (χ0) is 18.3. The minimum absolute atomic E-state index is 0.104. The Hall–Kier alpha value is -0.261. The fraction of sp³-hybridized carbons (Fsp3) is 0.889. The van der Waals surface area contributed by atoms with Crippen molar-refractivity contribution in [2.45, 2.75) is 101 Å². The van der Waals surface area contributed by atoms with E-state index in [1.807, 2.05) is 0 Å². The molecular weight excluding hydrogens is 399 g/mol. The second kappa shape index (κ2) is 26.6. The van der Waals surface area contributed by atoms with Gasteiger partial charge in [0.2, 0.25) is 0 Å². The molecule has 5 heteroatoms. The molecule has 0 aromatic heterocycles. The summed E-state index contributed by atoms with van der Waals surface area (Å²) in [5, 5.41) is 18.5. The van der Waals surface area contributed by atoms with Gasteiger partial charge in [0.25, 0.3) is 0 Å². The average Bonchev–Trinajstić information content (AvgIpc) is 2.54. The Morgan fingerprint density at radius 1 is 0.652 bits per heavy atom. The van der Waals surface area contributed by atoms with E-state index in [0.717, 1.165) is 0 Å². The summed E-state index contributed by atoms with van der Waals surface area (Å²) in [6, 6.07) is 0. The van der Waals surface area contributed by atoms with Crippen LogP contribution in [0, 0.1) is 0 Å². The number of unbranched alkanes of at least 4 members (excludes halogenated alkanes) is 6. The Balaban J connectivity index is -0.000000329. The molecule has 0 aliphatic rings. The van der Waals surface area contributed by atoms with Crippen LogP contribution in [0.4, 0.5) is 0 Å². The van der Waals surface area contributed by atoms with Crippen LogP contribution in [0.5, 0.6) is 0 Å². The zero-order valence-corrected chi connectivity index (χ0v) is 18.5. The molecule has 0 heterocycles. The maximum absolute atomic E-state index is 9.26. The number of carboxylic acids is 2. The van der Waals surface area contributed by atoms with E-state index in [9.17, 15) is 19.8 Å². The topological polar surface area (TPSA) is 80.3 Å². The Kier molecular flexibility index (Phi) is 31.9. The maximum atomic E-state index is 9.26. The van der Waals surface area contributed by atoms with Crippen molar-refractivity contribution < 1.29 is 19.8 Å². The van der Waals surface area contributed by atoms with Crippen LogP contribution in [0.1, 0.15) is 91.9 Å². The van der Waals surface area contributed by atoms with Gasteiger partial charge in [0.1, 0.15) is 0 Å². The minimum atomic E-state index is -0.995. The molecule has 0 unspecified atom stereocenters. The van der Waals surface area contributed by atoms with Gasteiger partial charge in [-0.1, -0.05) is 13.8 Å². The summed E-state index contributed by atoms with van der Waals surface area (Å²) in [4.78, 5) is 18.5. The Bertz CT molecular complexity index is 221. The number of carbonyl (C=O) groups is 2. The van der Waals surface area contributed by atoms with Crippen LogP contribution in [-0.2, 0) is 9.59 Å². The van der Waals surface area contributed by atoms with Crippen LogP contribution >= 0.6 is 0 Å².